The lowest BCUT2D eigenvalue weighted by Crippen LogP contribution is -2.31. The molecule has 2 aromatic heterocycles. The van der Waals surface area contributed by atoms with Gasteiger partial charge in [0.15, 0.2) is 0 Å². The van der Waals surface area contributed by atoms with Crippen molar-refractivity contribution < 1.29 is 0 Å². The fourth-order valence-corrected chi connectivity index (χ4v) is 2.63. The Morgan fingerprint density at radius 1 is 1.50 bits per heavy atom. The molecule has 0 aliphatic heterocycles. The molecule has 16 heavy (non-hydrogen) atoms. The molecule has 0 bridgehead atoms. The number of nitrogens with one attached hydrogen (secondary N) is 1. The van der Waals surface area contributed by atoms with Crippen LogP contribution < -0.4 is 0 Å². The van der Waals surface area contributed by atoms with Crippen LogP contribution >= 0.6 is 22.6 Å². The summed E-state index contributed by atoms with van der Waals surface area (Å²) < 4.78 is 1.01. The molecule has 3 rings (SSSR count). The third-order valence-electron chi connectivity index (χ3n) is 3.27. The molecule has 1 N–H and O–H groups in total. The first-order chi connectivity index (χ1) is 7.75. The fraction of sp³-hybridized carbons (Fsp3) is 0.364. The van der Waals surface area contributed by atoms with Gasteiger partial charge >= 0.3 is 0 Å². The first-order valence-corrected chi connectivity index (χ1v) is 6.22. The highest BCUT2D eigenvalue weighted by atomic mass is 127. The van der Waals surface area contributed by atoms with Crippen LogP contribution in [-0.4, -0.2) is 15.2 Å². The number of fused-ring (bicyclic) bond motifs is 1. The van der Waals surface area contributed by atoms with Crippen LogP contribution in [0.4, 0.5) is 0 Å². The minimum Gasteiger partial charge on any atom is -0.304 e. The summed E-state index contributed by atoms with van der Waals surface area (Å²) in [5.41, 5.74) is 1.42. The molecular formula is C11H9IN4. The van der Waals surface area contributed by atoms with Crippen LogP contribution in [0.1, 0.15) is 25.0 Å². The van der Waals surface area contributed by atoms with E-state index in [1.54, 1.807) is 6.20 Å². The number of hydrogen-bond acceptors (Lipinski definition) is 2. The Hall–Kier alpha value is -1.16. The Labute approximate surface area is 106 Å². The molecule has 1 fully saturated rings. The minimum absolute atomic E-state index is 0.353. The number of aromatic amines is 1. The Morgan fingerprint density at radius 3 is 2.94 bits per heavy atom. The van der Waals surface area contributed by atoms with Gasteiger partial charge in [0, 0.05) is 18.2 Å². The number of hydrogen-bond donors (Lipinski definition) is 1. The van der Waals surface area contributed by atoms with Crippen LogP contribution in [0.2, 0.25) is 0 Å². The molecule has 5 heteroatoms. The zero-order valence-corrected chi connectivity index (χ0v) is 10.7. The van der Waals surface area contributed by atoms with Gasteiger partial charge in [-0.15, -0.1) is 0 Å². The second kappa shape index (κ2) is 3.42. The van der Waals surface area contributed by atoms with Gasteiger partial charge in [0.2, 0.25) is 0 Å². The standard InChI is InChI=1S/C11H9IN4/c1-13-11(3-2-4-11)9-5-7-8(6-14-9)15-16-10(7)12/h5-6H,2-4H2,(H,15,16). The quantitative estimate of drug-likeness (QED) is 0.648. The van der Waals surface area contributed by atoms with Gasteiger partial charge in [0.05, 0.1) is 6.20 Å². The Kier molecular flexibility index (Phi) is 2.14. The topological polar surface area (TPSA) is 45.9 Å². The van der Waals surface area contributed by atoms with Gasteiger partial charge in [-0.2, -0.15) is 5.10 Å². The van der Waals surface area contributed by atoms with E-state index in [1.807, 2.05) is 6.07 Å². The summed E-state index contributed by atoms with van der Waals surface area (Å²) >= 11 is 2.22. The Bertz CT molecular complexity index is 592. The van der Waals surface area contributed by atoms with Gasteiger partial charge in [0.25, 0.3) is 5.54 Å². The summed E-state index contributed by atoms with van der Waals surface area (Å²) in [7, 11) is 0. The van der Waals surface area contributed by atoms with Gasteiger partial charge in [0.1, 0.15) is 14.9 Å². The number of aromatic nitrogens is 3. The van der Waals surface area contributed by atoms with Crippen molar-refractivity contribution in [3.8, 4) is 0 Å². The molecule has 1 aliphatic rings. The van der Waals surface area contributed by atoms with E-state index in [0.717, 1.165) is 39.6 Å². The summed E-state index contributed by atoms with van der Waals surface area (Å²) in [6.07, 6.45) is 4.76. The number of pyridine rings is 1. The van der Waals surface area contributed by atoms with Crippen LogP contribution in [-0.2, 0) is 5.54 Å². The van der Waals surface area contributed by atoms with Crippen molar-refractivity contribution >= 4 is 33.5 Å². The van der Waals surface area contributed by atoms with Crippen LogP contribution in [0.15, 0.2) is 12.3 Å². The molecule has 1 aliphatic carbocycles. The summed E-state index contributed by atoms with van der Waals surface area (Å²) in [4.78, 5) is 8.16. The molecule has 0 spiro atoms. The van der Waals surface area contributed by atoms with Crippen LogP contribution in [0.5, 0.6) is 0 Å². The zero-order chi connectivity index (χ0) is 11.2. The molecule has 2 aromatic rings. The van der Waals surface area contributed by atoms with Gasteiger partial charge in [-0.25, -0.2) is 6.57 Å². The minimum atomic E-state index is -0.353. The molecule has 4 nitrogen and oxygen atoms in total. The van der Waals surface area contributed by atoms with E-state index in [9.17, 15) is 0 Å². The number of H-pyrrole nitrogens is 1. The van der Waals surface area contributed by atoms with Crippen molar-refractivity contribution in [2.45, 2.75) is 24.8 Å². The lowest BCUT2D eigenvalue weighted by molar-refractivity contribution is 0.303. The second-order valence-electron chi connectivity index (χ2n) is 4.12. The molecule has 2 heterocycles. The second-order valence-corrected chi connectivity index (χ2v) is 5.20. The van der Waals surface area contributed by atoms with Crippen LogP contribution in [0, 0.1) is 10.3 Å². The number of nitrogens with zero attached hydrogens (tertiary/aromatic N) is 3. The number of rotatable bonds is 1. The van der Waals surface area contributed by atoms with E-state index in [1.165, 1.54) is 0 Å². The van der Waals surface area contributed by atoms with Gasteiger partial charge in [-0.05, 0) is 35.1 Å². The van der Waals surface area contributed by atoms with E-state index < -0.39 is 0 Å². The first kappa shape index (κ1) is 10.0. The monoisotopic (exact) mass is 324 g/mol. The Morgan fingerprint density at radius 2 is 2.31 bits per heavy atom. The van der Waals surface area contributed by atoms with Gasteiger partial charge < -0.3 is 4.85 Å². The summed E-state index contributed by atoms with van der Waals surface area (Å²) in [5.74, 6) is 0. The SMILES string of the molecule is [C-]#[N+]C1(c2cc3c(I)[nH]nc3cn2)CCC1. The van der Waals surface area contributed by atoms with Crippen LogP contribution in [0.3, 0.4) is 0 Å². The molecule has 80 valence electrons. The van der Waals surface area contributed by atoms with E-state index in [-0.39, 0.29) is 5.54 Å². The highest BCUT2D eigenvalue weighted by Gasteiger charge is 2.47. The lowest BCUT2D eigenvalue weighted by atomic mass is 9.75. The zero-order valence-electron chi connectivity index (χ0n) is 8.50. The first-order valence-electron chi connectivity index (χ1n) is 5.14. The van der Waals surface area contributed by atoms with Crippen molar-refractivity contribution in [1.82, 2.24) is 15.2 Å². The van der Waals surface area contributed by atoms with E-state index in [2.05, 4.69) is 42.6 Å². The molecule has 0 radical (unpaired) electrons. The van der Waals surface area contributed by atoms with Crippen molar-refractivity contribution in [3.63, 3.8) is 0 Å². The van der Waals surface area contributed by atoms with Crippen molar-refractivity contribution in [1.29, 1.82) is 0 Å². The molecule has 0 saturated heterocycles. The number of halogens is 1. The summed E-state index contributed by atoms with van der Waals surface area (Å²) in [5, 5.41) is 8.14. The van der Waals surface area contributed by atoms with E-state index in [4.69, 9.17) is 6.57 Å². The molecule has 0 amide bonds. The average Bonchev–Trinajstić information content (AvgIpc) is 2.60. The molecule has 0 atom stereocenters. The van der Waals surface area contributed by atoms with E-state index >= 15 is 0 Å². The van der Waals surface area contributed by atoms with Crippen molar-refractivity contribution in [2.75, 3.05) is 0 Å². The average molecular weight is 324 g/mol. The third-order valence-corrected chi connectivity index (χ3v) is 4.09. The van der Waals surface area contributed by atoms with Crippen molar-refractivity contribution in [2.24, 2.45) is 0 Å². The third kappa shape index (κ3) is 1.26. The fourth-order valence-electron chi connectivity index (χ4n) is 2.07. The maximum absolute atomic E-state index is 7.33. The predicted molar refractivity (Wildman–Crippen MR) is 68.7 cm³/mol. The maximum atomic E-state index is 7.33. The molecule has 0 unspecified atom stereocenters. The van der Waals surface area contributed by atoms with Crippen LogP contribution in [0.25, 0.3) is 15.7 Å². The normalized spacial score (nSPS) is 18.0. The van der Waals surface area contributed by atoms with Crippen molar-refractivity contribution in [3.05, 3.63) is 33.1 Å². The molecule has 1 saturated carbocycles. The highest BCUT2D eigenvalue weighted by molar-refractivity contribution is 14.1. The predicted octanol–water partition coefficient (Wildman–Crippen LogP) is 2.86. The highest BCUT2D eigenvalue weighted by Crippen LogP contribution is 2.44. The van der Waals surface area contributed by atoms with Gasteiger partial charge in [-0.1, -0.05) is 0 Å². The van der Waals surface area contributed by atoms with E-state index in [0.29, 0.717) is 0 Å². The van der Waals surface area contributed by atoms with Gasteiger partial charge in [-0.3, -0.25) is 10.1 Å². The smallest absolute Gasteiger partial charge is 0.274 e. The lowest BCUT2D eigenvalue weighted by Gasteiger charge is -2.29. The largest absolute Gasteiger partial charge is 0.304 e. The molecular weight excluding hydrogens is 315 g/mol. The maximum Gasteiger partial charge on any atom is 0.274 e. The Balaban J connectivity index is 2.18. The summed E-state index contributed by atoms with van der Waals surface area (Å²) in [6, 6.07) is 2.01. The summed E-state index contributed by atoms with van der Waals surface area (Å²) in [6.45, 7) is 7.33. The molecule has 0 aromatic carbocycles.